The second-order valence-corrected chi connectivity index (χ2v) is 5.41. The minimum atomic E-state index is -0.552. The van der Waals surface area contributed by atoms with Crippen LogP contribution in [0.4, 0.5) is 4.79 Å². The Morgan fingerprint density at radius 3 is 2.44 bits per heavy atom. The molecule has 1 aliphatic heterocycles. The molecule has 6 nitrogen and oxygen atoms in total. The largest absolute Gasteiger partial charge is 0.466 e. The van der Waals surface area contributed by atoms with Gasteiger partial charge in [0.15, 0.2) is 0 Å². The summed E-state index contributed by atoms with van der Waals surface area (Å²) in [5.41, 5.74) is 5.30. The summed E-state index contributed by atoms with van der Waals surface area (Å²) < 4.78 is 10.2. The van der Waals surface area contributed by atoms with Gasteiger partial charge in [-0.25, -0.2) is 4.79 Å². The summed E-state index contributed by atoms with van der Waals surface area (Å²) in [6.07, 6.45) is -0.440. The van der Waals surface area contributed by atoms with Crippen LogP contribution in [0.25, 0.3) is 0 Å². The molecule has 0 aliphatic carbocycles. The molecular weight excluding hydrogens is 236 g/mol. The summed E-state index contributed by atoms with van der Waals surface area (Å²) in [6, 6.07) is -0.392. The van der Waals surface area contributed by atoms with E-state index in [1.54, 1.807) is 27.7 Å². The summed E-state index contributed by atoms with van der Waals surface area (Å²) in [5.74, 6) is -0.812. The van der Waals surface area contributed by atoms with Gasteiger partial charge >= 0.3 is 12.1 Å². The van der Waals surface area contributed by atoms with E-state index in [2.05, 4.69) is 0 Å². The van der Waals surface area contributed by atoms with E-state index in [1.165, 1.54) is 4.90 Å². The third kappa shape index (κ3) is 3.87. The Balaban J connectivity index is 2.58. The standard InChI is InChI=1S/C12H22N2O4/c1-5-17-10(15)8-6-14(7-9(8)13)11(16)18-12(2,3)4/h8-9H,5-7,13H2,1-4H3/t8-,9?/m1/s1. The lowest BCUT2D eigenvalue weighted by Crippen LogP contribution is -2.36. The quantitative estimate of drug-likeness (QED) is 0.739. The zero-order valence-electron chi connectivity index (χ0n) is 11.4. The molecule has 1 aliphatic rings. The summed E-state index contributed by atoms with van der Waals surface area (Å²) in [6.45, 7) is 8.02. The number of carbonyl (C=O) groups excluding carboxylic acids is 2. The molecule has 0 aromatic rings. The summed E-state index contributed by atoms with van der Waals surface area (Å²) in [4.78, 5) is 24.9. The first-order valence-electron chi connectivity index (χ1n) is 6.14. The van der Waals surface area contributed by atoms with Crippen molar-refractivity contribution in [2.24, 2.45) is 11.7 Å². The molecule has 1 heterocycles. The van der Waals surface area contributed by atoms with Crippen molar-refractivity contribution in [1.29, 1.82) is 0 Å². The fraction of sp³-hybridized carbons (Fsp3) is 0.833. The van der Waals surface area contributed by atoms with Crippen LogP contribution in [-0.4, -0.2) is 48.3 Å². The van der Waals surface area contributed by atoms with E-state index in [9.17, 15) is 9.59 Å². The highest BCUT2D eigenvalue weighted by Gasteiger charge is 2.39. The smallest absolute Gasteiger partial charge is 0.410 e. The molecule has 2 atom stereocenters. The average molecular weight is 258 g/mol. The fourth-order valence-electron chi connectivity index (χ4n) is 1.80. The minimum Gasteiger partial charge on any atom is -0.466 e. The lowest BCUT2D eigenvalue weighted by atomic mass is 10.1. The van der Waals surface area contributed by atoms with Crippen LogP contribution >= 0.6 is 0 Å². The first-order chi connectivity index (χ1) is 8.24. The molecule has 0 aromatic heterocycles. The molecule has 1 saturated heterocycles. The van der Waals surface area contributed by atoms with Crippen LogP contribution in [-0.2, 0) is 14.3 Å². The number of likely N-dealkylation sites (tertiary alicyclic amines) is 1. The summed E-state index contributed by atoms with van der Waals surface area (Å²) in [5, 5.41) is 0. The van der Waals surface area contributed by atoms with Gasteiger partial charge in [0.2, 0.25) is 0 Å². The Kier molecular flexibility index (Phi) is 4.56. The lowest BCUT2D eigenvalue weighted by molar-refractivity contribution is -0.147. The number of rotatable bonds is 2. The number of amides is 1. The Labute approximate surface area is 107 Å². The number of hydrogen-bond acceptors (Lipinski definition) is 5. The maximum Gasteiger partial charge on any atom is 0.410 e. The normalized spacial score (nSPS) is 23.9. The van der Waals surface area contributed by atoms with Crippen LogP contribution in [0, 0.1) is 5.92 Å². The SMILES string of the molecule is CCOC(=O)[C@@H]1CN(C(=O)OC(C)(C)C)CC1N. The maximum absolute atomic E-state index is 11.8. The third-order valence-corrected chi connectivity index (χ3v) is 2.61. The lowest BCUT2D eigenvalue weighted by Gasteiger charge is -2.24. The summed E-state index contributed by atoms with van der Waals surface area (Å²) >= 11 is 0. The van der Waals surface area contributed by atoms with E-state index < -0.39 is 23.7 Å². The highest BCUT2D eigenvalue weighted by Crippen LogP contribution is 2.20. The second kappa shape index (κ2) is 5.56. The van der Waals surface area contributed by atoms with Crippen molar-refractivity contribution in [2.75, 3.05) is 19.7 Å². The molecule has 1 amide bonds. The van der Waals surface area contributed by atoms with Gasteiger partial charge in [-0.05, 0) is 27.7 Å². The van der Waals surface area contributed by atoms with Crippen molar-refractivity contribution < 1.29 is 19.1 Å². The van der Waals surface area contributed by atoms with E-state index in [0.29, 0.717) is 13.2 Å². The molecule has 1 fully saturated rings. The van der Waals surface area contributed by atoms with Gasteiger partial charge in [0.1, 0.15) is 5.60 Å². The number of esters is 1. The van der Waals surface area contributed by atoms with Crippen molar-refractivity contribution in [3.63, 3.8) is 0 Å². The molecule has 6 heteroatoms. The number of ether oxygens (including phenoxy) is 2. The van der Waals surface area contributed by atoms with Crippen LogP contribution in [0.2, 0.25) is 0 Å². The topological polar surface area (TPSA) is 81.9 Å². The van der Waals surface area contributed by atoms with Gasteiger partial charge in [0, 0.05) is 19.1 Å². The van der Waals surface area contributed by atoms with Crippen LogP contribution < -0.4 is 5.73 Å². The van der Waals surface area contributed by atoms with Crippen LogP contribution in [0.5, 0.6) is 0 Å². The van der Waals surface area contributed by atoms with E-state index >= 15 is 0 Å². The van der Waals surface area contributed by atoms with Gasteiger partial charge in [0.05, 0.1) is 12.5 Å². The monoisotopic (exact) mass is 258 g/mol. The van der Waals surface area contributed by atoms with Crippen molar-refractivity contribution >= 4 is 12.1 Å². The van der Waals surface area contributed by atoms with Gasteiger partial charge in [-0.1, -0.05) is 0 Å². The number of nitrogens with two attached hydrogens (primary N) is 1. The maximum atomic E-state index is 11.8. The molecule has 0 bridgehead atoms. The minimum absolute atomic E-state index is 0.259. The van der Waals surface area contributed by atoms with E-state index in [-0.39, 0.29) is 12.5 Å². The van der Waals surface area contributed by atoms with Crippen molar-refractivity contribution in [1.82, 2.24) is 4.90 Å². The predicted molar refractivity (Wildman–Crippen MR) is 65.9 cm³/mol. The van der Waals surface area contributed by atoms with Crippen molar-refractivity contribution in [3.8, 4) is 0 Å². The molecule has 2 N–H and O–H groups in total. The van der Waals surface area contributed by atoms with Gasteiger partial charge in [-0.2, -0.15) is 0 Å². The van der Waals surface area contributed by atoms with Crippen LogP contribution in [0.15, 0.2) is 0 Å². The van der Waals surface area contributed by atoms with Gasteiger partial charge in [-0.15, -0.1) is 0 Å². The Morgan fingerprint density at radius 1 is 1.33 bits per heavy atom. The second-order valence-electron chi connectivity index (χ2n) is 5.41. The first-order valence-corrected chi connectivity index (χ1v) is 6.14. The molecule has 0 radical (unpaired) electrons. The van der Waals surface area contributed by atoms with Gasteiger partial charge < -0.3 is 20.1 Å². The molecule has 0 aromatic carbocycles. The summed E-state index contributed by atoms with van der Waals surface area (Å²) in [7, 11) is 0. The Bertz CT molecular complexity index is 325. The first kappa shape index (κ1) is 14.8. The zero-order chi connectivity index (χ0) is 13.9. The molecule has 104 valence electrons. The van der Waals surface area contributed by atoms with E-state index in [1.807, 2.05) is 0 Å². The van der Waals surface area contributed by atoms with E-state index in [4.69, 9.17) is 15.2 Å². The number of hydrogen-bond donors (Lipinski definition) is 1. The van der Waals surface area contributed by atoms with Crippen molar-refractivity contribution in [3.05, 3.63) is 0 Å². The van der Waals surface area contributed by atoms with E-state index in [0.717, 1.165) is 0 Å². The zero-order valence-corrected chi connectivity index (χ0v) is 11.4. The average Bonchev–Trinajstić information content (AvgIpc) is 2.58. The van der Waals surface area contributed by atoms with Gasteiger partial charge in [-0.3, -0.25) is 4.79 Å². The molecule has 1 unspecified atom stereocenters. The fourth-order valence-corrected chi connectivity index (χ4v) is 1.80. The Hall–Kier alpha value is -1.30. The van der Waals surface area contributed by atoms with Crippen molar-refractivity contribution in [2.45, 2.75) is 39.3 Å². The number of carbonyl (C=O) groups is 2. The Morgan fingerprint density at radius 2 is 1.94 bits per heavy atom. The predicted octanol–water partition coefficient (Wildman–Crippen LogP) is 0.744. The third-order valence-electron chi connectivity index (χ3n) is 2.61. The highest BCUT2D eigenvalue weighted by molar-refractivity contribution is 5.76. The molecule has 0 spiro atoms. The molecule has 0 saturated carbocycles. The molecule has 18 heavy (non-hydrogen) atoms. The number of nitrogens with zero attached hydrogens (tertiary/aromatic N) is 1. The van der Waals surface area contributed by atoms with Crippen LogP contribution in [0.1, 0.15) is 27.7 Å². The molecule has 1 rings (SSSR count). The highest BCUT2D eigenvalue weighted by atomic mass is 16.6. The van der Waals surface area contributed by atoms with Gasteiger partial charge in [0.25, 0.3) is 0 Å². The van der Waals surface area contributed by atoms with Crippen LogP contribution in [0.3, 0.4) is 0 Å². The molecular formula is C12H22N2O4.